The van der Waals surface area contributed by atoms with Gasteiger partial charge < -0.3 is 10.2 Å². The summed E-state index contributed by atoms with van der Waals surface area (Å²) in [5.74, 6) is 0.715. The van der Waals surface area contributed by atoms with Gasteiger partial charge in [0.2, 0.25) is 0 Å². The van der Waals surface area contributed by atoms with Crippen molar-refractivity contribution in [2.24, 2.45) is 5.92 Å². The van der Waals surface area contributed by atoms with Crippen molar-refractivity contribution in [1.82, 2.24) is 25.0 Å². The van der Waals surface area contributed by atoms with E-state index < -0.39 is 11.7 Å². The van der Waals surface area contributed by atoms with Crippen LogP contribution in [-0.4, -0.2) is 51.8 Å². The Hall–Kier alpha value is -2.42. The Morgan fingerprint density at radius 1 is 1.25 bits per heavy atom. The van der Waals surface area contributed by atoms with Crippen LogP contribution in [0.1, 0.15) is 74.0 Å². The lowest BCUT2D eigenvalue weighted by Gasteiger charge is -2.30. The van der Waals surface area contributed by atoms with Gasteiger partial charge in [0, 0.05) is 19.3 Å². The highest BCUT2D eigenvalue weighted by atomic mass is 19.4. The summed E-state index contributed by atoms with van der Waals surface area (Å²) in [6.07, 6.45) is 2.27. The van der Waals surface area contributed by atoms with Gasteiger partial charge in [-0.05, 0) is 62.7 Å². The number of hydrogen-bond donors (Lipinski definition) is 1. The number of rotatable bonds is 8. The molecule has 1 saturated heterocycles. The normalized spacial score (nSPS) is 17.7. The van der Waals surface area contributed by atoms with E-state index in [1.807, 2.05) is 13.8 Å². The zero-order valence-corrected chi connectivity index (χ0v) is 19.0. The number of piperidine rings is 1. The van der Waals surface area contributed by atoms with Gasteiger partial charge in [0.25, 0.3) is 5.91 Å². The highest BCUT2D eigenvalue weighted by molar-refractivity contribution is 5.95. The second-order valence-corrected chi connectivity index (χ2v) is 8.92. The monoisotopic (exact) mass is 451 g/mol. The number of nitrogens with zero attached hydrogens (tertiary/aromatic N) is 4. The molecule has 6 nitrogen and oxygen atoms in total. The van der Waals surface area contributed by atoms with Crippen LogP contribution < -0.4 is 5.32 Å². The van der Waals surface area contributed by atoms with Gasteiger partial charge in [0.1, 0.15) is 0 Å². The van der Waals surface area contributed by atoms with Gasteiger partial charge in [-0.1, -0.05) is 20.8 Å². The minimum atomic E-state index is -4.45. The van der Waals surface area contributed by atoms with Crippen LogP contribution in [0.3, 0.4) is 0 Å². The second kappa shape index (κ2) is 10.5. The van der Waals surface area contributed by atoms with Crippen molar-refractivity contribution in [2.45, 2.75) is 58.5 Å². The summed E-state index contributed by atoms with van der Waals surface area (Å²) in [6.45, 7) is 10.0. The third-order valence-electron chi connectivity index (χ3n) is 5.82. The molecule has 0 spiro atoms. The van der Waals surface area contributed by atoms with Gasteiger partial charge in [-0.25, -0.2) is 9.67 Å². The molecule has 1 aliphatic rings. The predicted octanol–water partition coefficient (Wildman–Crippen LogP) is 4.65. The Balaban J connectivity index is 1.59. The van der Waals surface area contributed by atoms with Crippen molar-refractivity contribution in [3.8, 4) is 5.82 Å². The first-order chi connectivity index (χ1) is 15.2. The predicted molar refractivity (Wildman–Crippen MR) is 117 cm³/mol. The molecule has 2 aromatic rings. The highest BCUT2D eigenvalue weighted by Gasteiger charge is 2.31. The SMILES string of the molecule is CC1CCCN(CCCCNC(=O)c2cnn(-c3ccc(C(F)(F)F)cn3)c2C(C)C)C1. The number of pyridine rings is 1. The molecule has 1 aliphatic heterocycles. The van der Waals surface area contributed by atoms with Crippen molar-refractivity contribution in [1.29, 1.82) is 0 Å². The summed E-state index contributed by atoms with van der Waals surface area (Å²) >= 11 is 0. The number of carbonyl (C=O) groups is 1. The number of unbranched alkanes of at least 4 members (excludes halogenated alkanes) is 1. The van der Waals surface area contributed by atoms with Crippen LogP contribution in [0.25, 0.3) is 5.82 Å². The molecule has 1 fully saturated rings. The number of aromatic nitrogens is 3. The van der Waals surface area contributed by atoms with Crippen molar-refractivity contribution < 1.29 is 18.0 Å². The third kappa shape index (κ3) is 6.09. The highest BCUT2D eigenvalue weighted by Crippen LogP contribution is 2.29. The molecule has 1 amide bonds. The van der Waals surface area contributed by atoms with E-state index in [1.165, 1.54) is 29.8 Å². The lowest BCUT2D eigenvalue weighted by molar-refractivity contribution is -0.137. The van der Waals surface area contributed by atoms with E-state index >= 15 is 0 Å². The molecule has 0 aromatic carbocycles. The average molecular weight is 452 g/mol. The molecule has 0 bridgehead atoms. The Kier molecular flexibility index (Phi) is 7.92. The van der Waals surface area contributed by atoms with Crippen LogP contribution in [0, 0.1) is 5.92 Å². The lowest BCUT2D eigenvalue weighted by atomic mass is 10.0. The first-order valence-corrected chi connectivity index (χ1v) is 11.3. The molecule has 2 aromatic heterocycles. The van der Waals surface area contributed by atoms with Crippen LogP contribution in [0.15, 0.2) is 24.5 Å². The van der Waals surface area contributed by atoms with Crippen molar-refractivity contribution in [3.05, 3.63) is 41.3 Å². The molecule has 176 valence electrons. The molecule has 0 saturated carbocycles. The molecule has 9 heteroatoms. The van der Waals surface area contributed by atoms with Crippen molar-refractivity contribution in [2.75, 3.05) is 26.2 Å². The summed E-state index contributed by atoms with van der Waals surface area (Å²) in [4.78, 5) is 19.2. The van der Waals surface area contributed by atoms with E-state index in [2.05, 4.69) is 27.2 Å². The Bertz CT molecular complexity index is 892. The number of hydrogen-bond acceptors (Lipinski definition) is 4. The van der Waals surface area contributed by atoms with E-state index in [9.17, 15) is 18.0 Å². The molecular formula is C23H32F3N5O. The summed E-state index contributed by atoms with van der Waals surface area (Å²) in [5, 5.41) is 7.19. The van der Waals surface area contributed by atoms with E-state index in [4.69, 9.17) is 0 Å². The van der Waals surface area contributed by atoms with Gasteiger partial charge in [-0.2, -0.15) is 18.3 Å². The number of carbonyl (C=O) groups excluding carboxylic acids is 1. The van der Waals surface area contributed by atoms with Crippen LogP contribution in [0.4, 0.5) is 13.2 Å². The molecule has 0 aliphatic carbocycles. The number of alkyl halides is 3. The van der Waals surface area contributed by atoms with Crippen LogP contribution in [0.2, 0.25) is 0 Å². The quantitative estimate of drug-likeness (QED) is 0.594. The van der Waals surface area contributed by atoms with E-state index in [1.54, 1.807) is 0 Å². The standard InChI is InChI=1S/C23H32F3N5O/c1-16(2)21-19(14-29-31(21)20-9-8-18(13-28-20)23(24,25)26)22(32)27-10-4-5-11-30-12-6-7-17(3)15-30/h8-9,13-14,16-17H,4-7,10-12,15H2,1-3H3,(H,27,32). The smallest absolute Gasteiger partial charge is 0.352 e. The third-order valence-corrected chi connectivity index (χ3v) is 5.82. The Morgan fingerprint density at radius 2 is 2.03 bits per heavy atom. The number of likely N-dealkylation sites (tertiary alicyclic amines) is 1. The first-order valence-electron chi connectivity index (χ1n) is 11.3. The summed E-state index contributed by atoms with van der Waals surface area (Å²) in [6, 6.07) is 2.24. The van der Waals surface area contributed by atoms with E-state index in [0.717, 1.165) is 50.7 Å². The minimum absolute atomic E-state index is 0.0663. The molecule has 1 unspecified atom stereocenters. The van der Waals surface area contributed by atoms with Gasteiger partial charge in [-0.15, -0.1) is 0 Å². The zero-order valence-electron chi connectivity index (χ0n) is 19.0. The zero-order chi connectivity index (χ0) is 23.3. The molecule has 1 atom stereocenters. The molecule has 3 heterocycles. The van der Waals surface area contributed by atoms with Crippen LogP contribution in [0.5, 0.6) is 0 Å². The maximum absolute atomic E-state index is 12.8. The molecule has 1 N–H and O–H groups in total. The van der Waals surface area contributed by atoms with Gasteiger partial charge in [-0.3, -0.25) is 4.79 Å². The molecule has 32 heavy (non-hydrogen) atoms. The fourth-order valence-corrected chi connectivity index (χ4v) is 4.20. The maximum Gasteiger partial charge on any atom is 0.417 e. The van der Waals surface area contributed by atoms with Gasteiger partial charge >= 0.3 is 6.18 Å². The van der Waals surface area contributed by atoms with Crippen LogP contribution >= 0.6 is 0 Å². The Morgan fingerprint density at radius 3 is 2.66 bits per heavy atom. The maximum atomic E-state index is 12.8. The lowest BCUT2D eigenvalue weighted by Crippen LogP contribution is -2.35. The number of halogens is 3. The second-order valence-electron chi connectivity index (χ2n) is 8.92. The summed E-state index contributed by atoms with van der Waals surface area (Å²) in [5.41, 5.74) is 0.222. The fourth-order valence-electron chi connectivity index (χ4n) is 4.20. The van der Waals surface area contributed by atoms with E-state index in [-0.39, 0.29) is 17.6 Å². The number of nitrogens with one attached hydrogen (secondary N) is 1. The minimum Gasteiger partial charge on any atom is -0.352 e. The molecular weight excluding hydrogens is 419 g/mol. The number of amides is 1. The van der Waals surface area contributed by atoms with Crippen molar-refractivity contribution >= 4 is 5.91 Å². The first kappa shape index (κ1) is 24.2. The fraction of sp³-hybridized carbons (Fsp3) is 0.609. The molecule has 0 radical (unpaired) electrons. The summed E-state index contributed by atoms with van der Waals surface area (Å²) in [7, 11) is 0. The summed E-state index contributed by atoms with van der Waals surface area (Å²) < 4.78 is 39.9. The largest absolute Gasteiger partial charge is 0.417 e. The van der Waals surface area contributed by atoms with Crippen molar-refractivity contribution in [3.63, 3.8) is 0 Å². The van der Waals surface area contributed by atoms with Crippen LogP contribution in [-0.2, 0) is 6.18 Å². The van der Waals surface area contributed by atoms with Gasteiger partial charge in [0.05, 0.1) is 23.0 Å². The van der Waals surface area contributed by atoms with E-state index in [0.29, 0.717) is 17.8 Å². The topological polar surface area (TPSA) is 63.1 Å². The average Bonchev–Trinajstić information content (AvgIpc) is 3.18. The Labute approximate surface area is 187 Å². The molecule has 3 rings (SSSR count). The van der Waals surface area contributed by atoms with Gasteiger partial charge in [0.15, 0.2) is 5.82 Å².